The Hall–Kier alpha value is -2.87. The first-order valence-corrected chi connectivity index (χ1v) is 8.49. The number of hydrogen-bond donors (Lipinski definition) is 0. The van der Waals surface area contributed by atoms with Crippen molar-refractivity contribution in [1.82, 2.24) is 14.7 Å². The number of aromatic nitrogens is 2. The van der Waals surface area contributed by atoms with Gasteiger partial charge in [-0.25, -0.2) is 0 Å². The highest BCUT2D eigenvalue weighted by molar-refractivity contribution is 5.99. The standard InChI is InChI=1S/C20H20N4O/c1-20-11-14(12-21)19(25)23(2)16(20)10-9-15-17(24(3)22-18(15)20)13-7-5-4-6-8-13/h4-8,11,16H,9-10H2,1-3H3/t16-,20+/m1/s1. The summed E-state index contributed by atoms with van der Waals surface area (Å²) >= 11 is 0. The molecule has 1 amide bonds. The minimum atomic E-state index is -0.438. The minimum Gasteiger partial charge on any atom is -0.337 e. The average Bonchev–Trinajstić information content (AvgIpc) is 2.96. The molecule has 0 radical (unpaired) electrons. The van der Waals surface area contributed by atoms with Crippen LogP contribution in [0.3, 0.4) is 0 Å². The van der Waals surface area contributed by atoms with Crippen molar-refractivity contribution in [2.45, 2.75) is 31.2 Å². The summed E-state index contributed by atoms with van der Waals surface area (Å²) < 4.78 is 1.93. The largest absolute Gasteiger partial charge is 0.337 e. The smallest absolute Gasteiger partial charge is 0.264 e. The monoisotopic (exact) mass is 332 g/mol. The Bertz CT molecular complexity index is 935. The van der Waals surface area contributed by atoms with E-state index in [0.717, 1.165) is 29.8 Å². The quantitative estimate of drug-likeness (QED) is 0.806. The summed E-state index contributed by atoms with van der Waals surface area (Å²) in [4.78, 5) is 14.1. The van der Waals surface area contributed by atoms with Crippen molar-refractivity contribution >= 4 is 5.91 Å². The van der Waals surface area contributed by atoms with Gasteiger partial charge in [0.25, 0.3) is 5.91 Å². The van der Waals surface area contributed by atoms with E-state index in [1.807, 2.05) is 36.0 Å². The Kier molecular flexibility index (Phi) is 3.33. The van der Waals surface area contributed by atoms with Gasteiger partial charge in [0.2, 0.25) is 0 Å². The van der Waals surface area contributed by atoms with E-state index in [-0.39, 0.29) is 17.5 Å². The SMILES string of the molecule is CN1C(=O)C(C#N)=C[C@]2(C)c3nn(C)c(-c4ccccc4)c3CC[C@@H]12. The third-order valence-corrected chi connectivity index (χ3v) is 5.65. The lowest BCUT2D eigenvalue weighted by molar-refractivity contribution is -0.130. The van der Waals surface area contributed by atoms with Gasteiger partial charge in [0.05, 0.1) is 16.8 Å². The minimum absolute atomic E-state index is 0.0307. The average molecular weight is 332 g/mol. The Balaban J connectivity index is 1.94. The number of nitriles is 1. The van der Waals surface area contributed by atoms with Crippen molar-refractivity contribution in [2.24, 2.45) is 7.05 Å². The topological polar surface area (TPSA) is 61.9 Å². The normalized spacial score (nSPS) is 25.0. The lowest BCUT2D eigenvalue weighted by atomic mass is 9.67. The zero-order valence-corrected chi connectivity index (χ0v) is 14.7. The second-order valence-electron chi connectivity index (χ2n) is 7.09. The van der Waals surface area contributed by atoms with E-state index < -0.39 is 5.41 Å². The van der Waals surface area contributed by atoms with Gasteiger partial charge in [0, 0.05) is 31.3 Å². The van der Waals surface area contributed by atoms with Crippen LogP contribution in [-0.2, 0) is 23.7 Å². The number of amides is 1. The summed E-state index contributed by atoms with van der Waals surface area (Å²) in [7, 11) is 3.76. The van der Waals surface area contributed by atoms with Crippen molar-refractivity contribution in [1.29, 1.82) is 5.26 Å². The molecule has 0 spiro atoms. The first-order chi connectivity index (χ1) is 12.0. The number of aryl methyl sites for hydroxylation is 1. The molecule has 5 nitrogen and oxygen atoms in total. The molecule has 126 valence electrons. The van der Waals surface area contributed by atoms with Gasteiger partial charge in [-0.15, -0.1) is 0 Å². The van der Waals surface area contributed by atoms with Crippen molar-refractivity contribution in [2.75, 3.05) is 7.05 Å². The molecule has 0 fully saturated rings. The van der Waals surface area contributed by atoms with Gasteiger partial charge in [-0.3, -0.25) is 9.48 Å². The highest BCUT2D eigenvalue weighted by Crippen LogP contribution is 2.46. The Labute approximate surface area is 147 Å². The van der Waals surface area contributed by atoms with Gasteiger partial charge in [0.15, 0.2) is 0 Å². The second-order valence-corrected chi connectivity index (χ2v) is 7.09. The fourth-order valence-corrected chi connectivity index (χ4v) is 4.47. The first kappa shape index (κ1) is 15.6. The van der Waals surface area contributed by atoms with E-state index in [9.17, 15) is 10.1 Å². The zero-order valence-electron chi connectivity index (χ0n) is 14.7. The van der Waals surface area contributed by atoms with Crippen molar-refractivity contribution in [3.05, 3.63) is 53.2 Å². The van der Waals surface area contributed by atoms with Gasteiger partial charge in [-0.1, -0.05) is 30.3 Å². The molecular weight excluding hydrogens is 312 g/mol. The lowest BCUT2D eigenvalue weighted by Crippen LogP contribution is -2.55. The van der Waals surface area contributed by atoms with Crippen LogP contribution in [0.25, 0.3) is 11.3 Å². The highest BCUT2D eigenvalue weighted by atomic mass is 16.2. The van der Waals surface area contributed by atoms with Crippen LogP contribution in [0.5, 0.6) is 0 Å². The number of nitrogens with zero attached hydrogens (tertiary/aromatic N) is 4. The van der Waals surface area contributed by atoms with E-state index >= 15 is 0 Å². The second kappa shape index (κ2) is 5.32. The van der Waals surface area contributed by atoms with Gasteiger partial charge >= 0.3 is 0 Å². The predicted octanol–water partition coefficient (Wildman–Crippen LogP) is 2.58. The van der Waals surface area contributed by atoms with E-state index in [2.05, 4.69) is 25.1 Å². The highest BCUT2D eigenvalue weighted by Gasteiger charge is 2.49. The van der Waals surface area contributed by atoms with Crippen LogP contribution in [-0.4, -0.2) is 33.7 Å². The van der Waals surface area contributed by atoms with Crippen LogP contribution >= 0.6 is 0 Å². The summed E-state index contributed by atoms with van der Waals surface area (Å²) in [5, 5.41) is 14.2. The first-order valence-electron chi connectivity index (χ1n) is 8.49. The molecule has 1 aliphatic carbocycles. The number of rotatable bonds is 1. The molecule has 2 aliphatic rings. The number of benzene rings is 1. The van der Waals surface area contributed by atoms with E-state index in [1.54, 1.807) is 11.9 Å². The van der Waals surface area contributed by atoms with Crippen LogP contribution in [0.15, 0.2) is 42.0 Å². The van der Waals surface area contributed by atoms with E-state index in [4.69, 9.17) is 5.10 Å². The molecule has 1 aliphatic heterocycles. The maximum absolute atomic E-state index is 12.4. The van der Waals surface area contributed by atoms with Crippen LogP contribution in [0.1, 0.15) is 24.6 Å². The molecule has 2 heterocycles. The third-order valence-electron chi connectivity index (χ3n) is 5.65. The number of carbonyl (C=O) groups excluding carboxylic acids is 1. The van der Waals surface area contributed by atoms with Gasteiger partial charge in [-0.2, -0.15) is 10.4 Å². The Morgan fingerprint density at radius 3 is 2.68 bits per heavy atom. The van der Waals surface area contributed by atoms with E-state index in [1.165, 1.54) is 5.56 Å². The van der Waals surface area contributed by atoms with Crippen molar-refractivity contribution in [3.8, 4) is 17.3 Å². The number of fused-ring (bicyclic) bond motifs is 3. The molecule has 2 atom stereocenters. The third kappa shape index (κ3) is 2.07. The fourth-order valence-electron chi connectivity index (χ4n) is 4.47. The van der Waals surface area contributed by atoms with Crippen molar-refractivity contribution < 1.29 is 4.79 Å². The van der Waals surface area contributed by atoms with Gasteiger partial charge in [-0.05, 0) is 25.8 Å². The molecule has 0 saturated heterocycles. The summed E-state index contributed by atoms with van der Waals surface area (Å²) in [6.45, 7) is 2.09. The summed E-state index contributed by atoms with van der Waals surface area (Å²) in [5.41, 5.74) is 4.25. The van der Waals surface area contributed by atoms with Gasteiger partial charge in [0.1, 0.15) is 11.6 Å². The zero-order chi connectivity index (χ0) is 17.8. The Morgan fingerprint density at radius 1 is 1.28 bits per heavy atom. The number of hydrogen-bond acceptors (Lipinski definition) is 3. The molecule has 2 aromatic rings. The van der Waals surface area contributed by atoms with Crippen LogP contribution in [0, 0.1) is 11.3 Å². The van der Waals surface area contributed by atoms with Crippen LogP contribution in [0.2, 0.25) is 0 Å². The van der Waals surface area contributed by atoms with Crippen LogP contribution < -0.4 is 0 Å². The molecule has 5 heteroatoms. The maximum Gasteiger partial charge on any atom is 0.264 e. The number of carbonyl (C=O) groups is 1. The Morgan fingerprint density at radius 2 is 2.00 bits per heavy atom. The van der Waals surface area contributed by atoms with E-state index in [0.29, 0.717) is 0 Å². The molecule has 0 bridgehead atoms. The molecule has 25 heavy (non-hydrogen) atoms. The number of likely N-dealkylation sites (N-methyl/N-ethyl adjacent to an activating group) is 1. The molecule has 4 rings (SSSR count). The molecule has 0 saturated carbocycles. The predicted molar refractivity (Wildman–Crippen MR) is 94.6 cm³/mol. The summed E-state index contributed by atoms with van der Waals surface area (Å²) in [5.74, 6) is -0.187. The summed E-state index contributed by atoms with van der Waals surface area (Å²) in [6, 6.07) is 12.4. The molecule has 1 aromatic carbocycles. The molecule has 1 aromatic heterocycles. The molecular formula is C20H20N4O. The van der Waals surface area contributed by atoms with Gasteiger partial charge < -0.3 is 4.90 Å². The maximum atomic E-state index is 12.4. The van der Waals surface area contributed by atoms with Crippen LogP contribution in [0.4, 0.5) is 0 Å². The lowest BCUT2D eigenvalue weighted by Gasteiger charge is -2.46. The summed E-state index contributed by atoms with van der Waals surface area (Å²) in [6.07, 6.45) is 3.58. The fraction of sp³-hybridized carbons (Fsp3) is 0.350. The molecule has 0 N–H and O–H groups in total. The molecule has 0 unspecified atom stereocenters. The van der Waals surface area contributed by atoms with Crippen molar-refractivity contribution in [3.63, 3.8) is 0 Å².